The molecule has 0 fully saturated rings. The first-order valence-electron chi connectivity index (χ1n) is 9.52. The molecule has 0 heterocycles. The lowest BCUT2D eigenvalue weighted by atomic mass is 9.99. The molecule has 0 saturated carbocycles. The number of aryl methyl sites for hydroxylation is 1. The lowest BCUT2D eigenvalue weighted by Gasteiger charge is -2.06. The van der Waals surface area contributed by atoms with Gasteiger partial charge in [-0.3, -0.25) is 9.59 Å². The van der Waals surface area contributed by atoms with Crippen molar-refractivity contribution in [3.8, 4) is 5.75 Å². The van der Waals surface area contributed by atoms with Gasteiger partial charge in [-0.05, 0) is 49.1 Å². The molecule has 0 bridgehead atoms. The summed E-state index contributed by atoms with van der Waals surface area (Å²) in [7, 11) is 0. The third-order valence-corrected chi connectivity index (χ3v) is 4.36. The summed E-state index contributed by atoms with van der Waals surface area (Å²) >= 11 is 0. The Hall–Kier alpha value is -2.42. The largest absolute Gasteiger partial charge is 0.494 e. The van der Waals surface area contributed by atoms with Crippen molar-refractivity contribution in [2.45, 2.75) is 52.4 Å². The molecule has 2 rings (SSSR count). The van der Waals surface area contributed by atoms with Crippen molar-refractivity contribution in [3.05, 3.63) is 65.2 Å². The summed E-state index contributed by atoms with van der Waals surface area (Å²) in [6.45, 7) is 4.95. The maximum Gasteiger partial charge on any atom is 0.170 e. The molecule has 0 aliphatic carbocycles. The molecule has 2 aromatic rings. The highest BCUT2D eigenvalue weighted by Crippen LogP contribution is 2.16. The zero-order chi connectivity index (χ0) is 18.8. The number of Topliss-reactive ketones (excluding diaryl/α,β-unsaturated/α-hetero) is 2. The maximum atomic E-state index is 12.3. The van der Waals surface area contributed by atoms with Crippen LogP contribution in [0.2, 0.25) is 0 Å². The molecule has 0 aliphatic rings. The van der Waals surface area contributed by atoms with Crippen molar-refractivity contribution in [3.63, 3.8) is 0 Å². The number of rotatable bonds is 11. The highest BCUT2D eigenvalue weighted by Gasteiger charge is 2.14. The van der Waals surface area contributed by atoms with E-state index in [0.717, 1.165) is 37.9 Å². The molecule has 0 aromatic heterocycles. The van der Waals surface area contributed by atoms with E-state index < -0.39 is 0 Å². The van der Waals surface area contributed by atoms with Crippen molar-refractivity contribution in [1.29, 1.82) is 0 Å². The number of ether oxygens (including phenoxy) is 1. The molecule has 0 atom stereocenters. The topological polar surface area (TPSA) is 43.4 Å². The molecule has 3 nitrogen and oxygen atoms in total. The van der Waals surface area contributed by atoms with Gasteiger partial charge in [0.05, 0.1) is 13.0 Å². The average Bonchev–Trinajstić information content (AvgIpc) is 2.67. The van der Waals surface area contributed by atoms with Crippen LogP contribution >= 0.6 is 0 Å². The summed E-state index contributed by atoms with van der Waals surface area (Å²) in [4.78, 5) is 24.7. The van der Waals surface area contributed by atoms with Gasteiger partial charge in [-0.15, -0.1) is 0 Å². The van der Waals surface area contributed by atoms with Crippen LogP contribution in [0.25, 0.3) is 0 Å². The molecule has 0 saturated heterocycles. The molecule has 2 aromatic carbocycles. The van der Waals surface area contributed by atoms with E-state index in [9.17, 15) is 9.59 Å². The highest BCUT2D eigenvalue weighted by molar-refractivity contribution is 6.13. The Labute approximate surface area is 156 Å². The van der Waals surface area contributed by atoms with Crippen molar-refractivity contribution in [2.24, 2.45) is 0 Å². The number of unbranched alkanes of at least 4 members (excludes halogenated alkanes) is 2. The zero-order valence-corrected chi connectivity index (χ0v) is 15.8. The minimum Gasteiger partial charge on any atom is -0.494 e. The van der Waals surface area contributed by atoms with Crippen LogP contribution < -0.4 is 4.74 Å². The van der Waals surface area contributed by atoms with Gasteiger partial charge in [0.1, 0.15) is 5.75 Å². The summed E-state index contributed by atoms with van der Waals surface area (Å²) in [5, 5.41) is 0. The van der Waals surface area contributed by atoms with Crippen LogP contribution in [0.3, 0.4) is 0 Å². The summed E-state index contributed by atoms with van der Waals surface area (Å²) in [5.41, 5.74) is 2.37. The Morgan fingerprint density at radius 2 is 1.31 bits per heavy atom. The third-order valence-electron chi connectivity index (χ3n) is 4.36. The first-order valence-corrected chi connectivity index (χ1v) is 9.52. The molecule has 0 aliphatic heterocycles. The lowest BCUT2D eigenvalue weighted by molar-refractivity contribution is 0.0894. The van der Waals surface area contributed by atoms with Gasteiger partial charge < -0.3 is 4.74 Å². The van der Waals surface area contributed by atoms with Gasteiger partial charge in [-0.25, -0.2) is 0 Å². The minimum absolute atomic E-state index is 0.107. The molecular formula is C23H28O3. The van der Waals surface area contributed by atoms with Crippen LogP contribution in [0.15, 0.2) is 48.5 Å². The van der Waals surface area contributed by atoms with Gasteiger partial charge in [0, 0.05) is 11.1 Å². The number of ketones is 2. The van der Waals surface area contributed by atoms with Crippen molar-refractivity contribution in [2.75, 3.05) is 6.61 Å². The smallest absolute Gasteiger partial charge is 0.170 e. The molecule has 0 spiro atoms. The Balaban J connectivity index is 1.90. The number of benzene rings is 2. The van der Waals surface area contributed by atoms with Gasteiger partial charge >= 0.3 is 0 Å². The van der Waals surface area contributed by atoms with E-state index in [0.29, 0.717) is 17.7 Å². The van der Waals surface area contributed by atoms with Crippen LogP contribution in [-0.4, -0.2) is 18.2 Å². The summed E-state index contributed by atoms with van der Waals surface area (Å²) in [6.07, 6.45) is 5.30. The van der Waals surface area contributed by atoms with Gasteiger partial charge in [0.2, 0.25) is 0 Å². The molecule has 138 valence electrons. The Morgan fingerprint density at radius 3 is 1.85 bits per heavy atom. The van der Waals surface area contributed by atoms with Crippen LogP contribution in [0, 0.1) is 0 Å². The Kier molecular flexibility index (Phi) is 8.07. The fraction of sp³-hybridized carbons (Fsp3) is 0.391. The molecule has 26 heavy (non-hydrogen) atoms. The van der Waals surface area contributed by atoms with Crippen molar-refractivity contribution < 1.29 is 14.3 Å². The number of carbonyl (C=O) groups is 2. The van der Waals surface area contributed by atoms with E-state index >= 15 is 0 Å². The molecule has 0 unspecified atom stereocenters. The molecule has 0 amide bonds. The van der Waals surface area contributed by atoms with Gasteiger partial charge in [0.15, 0.2) is 11.6 Å². The Morgan fingerprint density at radius 1 is 0.769 bits per heavy atom. The standard InChI is InChI=1S/C23H28O3/c1-3-5-7-18-8-10-19(11-9-18)22(24)17-23(25)20-12-14-21(15-13-20)26-16-6-4-2/h8-15H,3-7,16-17H2,1-2H3. The number of hydrogen-bond donors (Lipinski definition) is 0. The Bertz CT molecular complexity index is 699. The average molecular weight is 352 g/mol. The van der Waals surface area contributed by atoms with Gasteiger partial charge in [-0.1, -0.05) is 51.0 Å². The van der Waals surface area contributed by atoms with Crippen LogP contribution in [0.1, 0.15) is 72.2 Å². The number of hydrogen-bond acceptors (Lipinski definition) is 3. The van der Waals surface area contributed by atoms with E-state index in [1.165, 1.54) is 5.56 Å². The first-order chi connectivity index (χ1) is 12.6. The fourth-order valence-electron chi connectivity index (χ4n) is 2.66. The fourth-order valence-corrected chi connectivity index (χ4v) is 2.66. The van der Waals surface area contributed by atoms with Crippen LogP contribution in [0.5, 0.6) is 5.75 Å². The van der Waals surface area contributed by atoms with Crippen LogP contribution in [0.4, 0.5) is 0 Å². The normalized spacial score (nSPS) is 10.5. The van der Waals surface area contributed by atoms with E-state index in [-0.39, 0.29) is 18.0 Å². The van der Waals surface area contributed by atoms with Crippen LogP contribution in [-0.2, 0) is 6.42 Å². The predicted octanol–water partition coefficient (Wildman–Crippen LogP) is 5.66. The zero-order valence-electron chi connectivity index (χ0n) is 15.8. The van der Waals surface area contributed by atoms with Gasteiger partial charge in [0.25, 0.3) is 0 Å². The second-order valence-corrected chi connectivity index (χ2v) is 6.55. The monoisotopic (exact) mass is 352 g/mol. The second kappa shape index (κ2) is 10.5. The molecule has 3 heteroatoms. The van der Waals surface area contributed by atoms with Gasteiger partial charge in [-0.2, -0.15) is 0 Å². The SMILES string of the molecule is CCCCOc1ccc(C(=O)CC(=O)c2ccc(CCCC)cc2)cc1. The maximum absolute atomic E-state index is 12.3. The molecular weight excluding hydrogens is 324 g/mol. The van der Waals surface area contributed by atoms with E-state index in [4.69, 9.17) is 4.74 Å². The molecule has 0 N–H and O–H groups in total. The third kappa shape index (κ3) is 6.14. The minimum atomic E-state index is -0.162. The second-order valence-electron chi connectivity index (χ2n) is 6.55. The van der Waals surface area contributed by atoms with E-state index in [2.05, 4.69) is 13.8 Å². The molecule has 0 radical (unpaired) electrons. The highest BCUT2D eigenvalue weighted by atomic mass is 16.5. The predicted molar refractivity (Wildman–Crippen MR) is 105 cm³/mol. The van der Waals surface area contributed by atoms with Crippen molar-refractivity contribution >= 4 is 11.6 Å². The first kappa shape index (κ1) is 19.9. The lowest BCUT2D eigenvalue weighted by Crippen LogP contribution is -2.08. The summed E-state index contributed by atoms with van der Waals surface area (Å²) in [6, 6.07) is 14.6. The van der Waals surface area contributed by atoms with E-state index in [1.807, 2.05) is 24.3 Å². The van der Waals surface area contributed by atoms with E-state index in [1.54, 1.807) is 24.3 Å². The summed E-state index contributed by atoms with van der Waals surface area (Å²) in [5.74, 6) is 0.453. The van der Waals surface area contributed by atoms with Crippen molar-refractivity contribution in [1.82, 2.24) is 0 Å². The quantitative estimate of drug-likeness (QED) is 0.297. The summed E-state index contributed by atoms with van der Waals surface area (Å²) < 4.78 is 5.59. The number of carbonyl (C=O) groups excluding carboxylic acids is 2.